The molecule has 0 unspecified atom stereocenters. The van der Waals surface area contributed by atoms with Crippen molar-refractivity contribution in [2.45, 2.75) is 27.3 Å². The SMILES string of the molecule is CC(C)(C)C(=O)NCC(=O)NCc1ccn[nH]1. The number of aromatic amines is 1. The minimum Gasteiger partial charge on any atom is -0.349 e. The van der Waals surface area contributed by atoms with Gasteiger partial charge in [0.2, 0.25) is 11.8 Å². The summed E-state index contributed by atoms with van der Waals surface area (Å²) in [4.78, 5) is 22.9. The van der Waals surface area contributed by atoms with Crippen LogP contribution in [0.15, 0.2) is 12.3 Å². The number of carbonyl (C=O) groups is 2. The number of aromatic nitrogens is 2. The average Bonchev–Trinajstić information content (AvgIpc) is 2.74. The number of nitrogens with zero attached hydrogens (tertiary/aromatic N) is 1. The van der Waals surface area contributed by atoms with Gasteiger partial charge >= 0.3 is 0 Å². The molecule has 0 saturated carbocycles. The highest BCUT2D eigenvalue weighted by Crippen LogP contribution is 2.11. The van der Waals surface area contributed by atoms with E-state index in [2.05, 4.69) is 20.8 Å². The van der Waals surface area contributed by atoms with Crippen LogP contribution in [0.2, 0.25) is 0 Å². The standard InChI is InChI=1S/C11H18N4O2/c1-11(2,3)10(17)13-7-9(16)12-6-8-4-5-14-15-8/h4-5H,6-7H2,1-3H3,(H,12,16)(H,13,17)(H,14,15). The second-order valence-corrected chi connectivity index (χ2v) is 4.79. The zero-order valence-corrected chi connectivity index (χ0v) is 10.3. The van der Waals surface area contributed by atoms with Gasteiger partial charge in [0.1, 0.15) is 0 Å². The maximum absolute atomic E-state index is 11.5. The zero-order chi connectivity index (χ0) is 12.9. The monoisotopic (exact) mass is 238 g/mol. The van der Waals surface area contributed by atoms with Crippen molar-refractivity contribution in [2.75, 3.05) is 6.54 Å². The molecular formula is C11H18N4O2. The first-order chi connectivity index (χ1) is 7.89. The third-order valence-corrected chi connectivity index (χ3v) is 2.13. The van der Waals surface area contributed by atoms with Crippen molar-refractivity contribution in [1.82, 2.24) is 20.8 Å². The van der Waals surface area contributed by atoms with Crippen LogP contribution in [-0.2, 0) is 16.1 Å². The molecule has 94 valence electrons. The molecule has 0 aliphatic rings. The van der Waals surface area contributed by atoms with Crippen molar-refractivity contribution < 1.29 is 9.59 Å². The van der Waals surface area contributed by atoms with E-state index in [1.54, 1.807) is 33.0 Å². The van der Waals surface area contributed by atoms with Crippen molar-refractivity contribution in [3.63, 3.8) is 0 Å². The van der Waals surface area contributed by atoms with Gasteiger partial charge in [0.25, 0.3) is 0 Å². The summed E-state index contributed by atoms with van der Waals surface area (Å²) in [6.45, 7) is 5.76. The summed E-state index contributed by atoms with van der Waals surface area (Å²) < 4.78 is 0. The second-order valence-electron chi connectivity index (χ2n) is 4.79. The van der Waals surface area contributed by atoms with E-state index in [-0.39, 0.29) is 18.4 Å². The molecular weight excluding hydrogens is 220 g/mol. The molecule has 1 aromatic heterocycles. The van der Waals surface area contributed by atoms with E-state index in [0.717, 1.165) is 5.69 Å². The summed E-state index contributed by atoms with van der Waals surface area (Å²) in [7, 11) is 0. The Hall–Kier alpha value is -1.85. The lowest BCUT2D eigenvalue weighted by Crippen LogP contribution is -2.41. The average molecular weight is 238 g/mol. The molecule has 0 fully saturated rings. The van der Waals surface area contributed by atoms with Gasteiger partial charge in [0.15, 0.2) is 0 Å². The Morgan fingerprint density at radius 1 is 1.35 bits per heavy atom. The van der Waals surface area contributed by atoms with E-state index >= 15 is 0 Å². The smallest absolute Gasteiger partial charge is 0.239 e. The van der Waals surface area contributed by atoms with Crippen molar-refractivity contribution in [3.05, 3.63) is 18.0 Å². The molecule has 6 heteroatoms. The number of hydrogen-bond acceptors (Lipinski definition) is 3. The summed E-state index contributed by atoms with van der Waals surface area (Å²) in [5.41, 5.74) is 0.337. The summed E-state index contributed by atoms with van der Waals surface area (Å²) in [5, 5.41) is 11.7. The maximum Gasteiger partial charge on any atom is 0.239 e. The van der Waals surface area contributed by atoms with Crippen molar-refractivity contribution in [3.8, 4) is 0 Å². The highest BCUT2D eigenvalue weighted by Gasteiger charge is 2.21. The lowest BCUT2D eigenvalue weighted by atomic mass is 9.96. The molecule has 17 heavy (non-hydrogen) atoms. The van der Waals surface area contributed by atoms with Crippen LogP contribution in [0.3, 0.4) is 0 Å². The van der Waals surface area contributed by atoms with Gasteiger partial charge in [-0.05, 0) is 6.07 Å². The first kappa shape index (κ1) is 13.2. The number of hydrogen-bond donors (Lipinski definition) is 3. The van der Waals surface area contributed by atoms with E-state index in [0.29, 0.717) is 6.54 Å². The quantitative estimate of drug-likeness (QED) is 0.699. The Morgan fingerprint density at radius 2 is 2.06 bits per heavy atom. The summed E-state index contributed by atoms with van der Waals surface area (Å²) in [5.74, 6) is -0.369. The predicted octanol–water partition coefficient (Wildman–Crippen LogP) is 0.188. The third-order valence-electron chi connectivity index (χ3n) is 2.13. The fraction of sp³-hybridized carbons (Fsp3) is 0.545. The maximum atomic E-state index is 11.5. The van der Waals surface area contributed by atoms with E-state index in [9.17, 15) is 9.59 Å². The molecule has 0 radical (unpaired) electrons. The molecule has 6 nitrogen and oxygen atoms in total. The van der Waals surface area contributed by atoms with Crippen LogP contribution in [0, 0.1) is 5.41 Å². The van der Waals surface area contributed by atoms with E-state index < -0.39 is 5.41 Å². The largest absolute Gasteiger partial charge is 0.349 e. The Morgan fingerprint density at radius 3 is 2.59 bits per heavy atom. The molecule has 0 aromatic carbocycles. The Kier molecular flexibility index (Phi) is 4.25. The molecule has 1 rings (SSSR count). The Balaban J connectivity index is 2.24. The van der Waals surface area contributed by atoms with Gasteiger partial charge in [0, 0.05) is 11.6 Å². The molecule has 0 bridgehead atoms. The topological polar surface area (TPSA) is 86.9 Å². The lowest BCUT2D eigenvalue weighted by Gasteiger charge is -2.17. The van der Waals surface area contributed by atoms with Gasteiger partial charge in [-0.25, -0.2) is 0 Å². The second kappa shape index (κ2) is 5.47. The van der Waals surface area contributed by atoms with Crippen LogP contribution >= 0.6 is 0 Å². The molecule has 0 aliphatic carbocycles. The van der Waals surface area contributed by atoms with Crippen LogP contribution in [-0.4, -0.2) is 28.6 Å². The minimum absolute atomic E-state index is 0.00968. The van der Waals surface area contributed by atoms with E-state index in [1.807, 2.05) is 0 Å². The molecule has 0 spiro atoms. The van der Waals surface area contributed by atoms with Gasteiger partial charge in [-0.15, -0.1) is 0 Å². The van der Waals surface area contributed by atoms with Crippen molar-refractivity contribution in [1.29, 1.82) is 0 Å². The highest BCUT2D eigenvalue weighted by atomic mass is 16.2. The minimum atomic E-state index is -0.482. The first-order valence-corrected chi connectivity index (χ1v) is 5.43. The molecule has 1 aromatic rings. The van der Waals surface area contributed by atoms with Crippen LogP contribution < -0.4 is 10.6 Å². The number of amides is 2. The van der Waals surface area contributed by atoms with Crippen LogP contribution in [0.25, 0.3) is 0 Å². The van der Waals surface area contributed by atoms with Gasteiger partial charge in [-0.2, -0.15) is 5.10 Å². The molecule has 1 heterocycles. The summed E-state index contributed by atoms with van der Waals surface area (Å²) in [6, 6.07) is 1.77. The van der Waals surface area contributed by atoms with Crippen LogP contribution in [0.5, 0.6) is 0 Å². The normalized spacial score (nSPS) is 11.0. The lowest BCUT2D eigenvalue weighted by molar-refractivity contribution is -0.131. The number of nitrogens with one attached hydrogen (secondary N) is 3. The number of carbonyl (C=O) groups excluding carboxylic acids is 2. The fourth-order valence-electron chi connectivity index (χ4n) is 1.07. The predicted molar refractivity (Wildman–Crippen MR) is 62.9 cm³/mol. The van der Waals surface area contributed by atoms with Gasteiger partial charge in [-0.3, -0.25) is 14.7 Å². The Labute approximate surface area is 100 Å². The molecule has 0 saturated heterocycles. The van der Waals surface area contributed by atoms with Crippen molar-refractivity contribution >= 4 is 11.8 Å². The molecule has 0 aliphatic heterocycles. The number of H-pyrrole nitrogens is 1. The highest BCUT2D eigenvalue weighted by molar-refractivity contribution is 5.87. The third kappa shape index (κ3) is 4.67. The van der Waals surface area contributed by atoms with E-state index in [4.69, 9.17) is 0 Å². The van der Waals surface area contributed by atoms with Gasteiger partial charge in [0.05, 0.1) is 18.8 Å². The molecule has 2 amide bonds. The van der Waals surface area contributed by atoms with Crippen molar-refractivity contribution in [2.24, 2.45) is 5.41 Å². The Bertz CT molecular complexity index is 379. The van der Waals surface area contributed by atoms with E-state index in [1.165, 1.54) is 0 Å². The fourth-order valence-corrected chi connectivity index (χ4v) is 1.07. The number of rotatable bonds is 4. The van der Waals surface area contributed by atoms with Crippen LogP contribution in [0.4, 0.5) is 0 Å². The van der Waals surface area contributed by atoms with Crippen LogP contribution in [0.1, 0.15) is 26.5 Å². The zero-order valence-electron chi connectivity index (χ0n) is 10.3. The van der Waals surface area contributed by atoms with Gasteiger partial charge in [-0.1, -0.05) is 20.8 Å². The summed E-state index contributed by atoms with van der Waals surface area (Å²) in [6.07, 6.45) is 1.61. The summed E-state index contributed by atoms with van der Waals surface area (Å²) >= 11 is 0. The first-order valence-electron chi connectivity index (χ1n) is 5.43. The van der Waals surface area contributed by atoms with Gasteiger partial charge < -0.3 is 10.6 Å². The molecule has 0 atom stereocenters. The molecule has 3 N–H and O–H groups in total.